The summed E-state index contributed by atoms with van der Waals surface area (Å²) in [7, 11) is 0. The maximum Gasteiger partial charge on any atom is 0.463 e. The van der Waals surface area contributed by atoms with Gasteiger partial charge in [0.1, 0.15) is 0 Å². The second-order valence-electron chi connectivity index (χ2n) is 4.29. The smallest absolute Gasteiger partial charge is 0.350 e. The van der Waals surface area contributed by atoms with Gasteiger partial charge in [0.25, 0.3) is 5.91 Å². The molecule has 1 N–H and O–H groups in total. The van der Waals surface area contributed by atoms with Crippen LogP contribution in [0.15, 0.2) is 0 Å². The van der Waals surface area contributed by atoms with Crippen LogP contribution in [0.3, 0.4) is 0 Å². The molecule has 0 bridgehead atoms. The van der Waals surface area contributed by atoms with Gasteiger partial charge in [-0.25, -0.2) is 0 Å². The van der Waals surface area contributed by atoms with Crippen LogP contribution in [0.25, 0.3) is 0 Å². The Kier molecular flexibility index (Phi) is 4.32. The summed E-state index contributed by atoms with van der Waals surface area (Å²) < 4.78 is 60.6. The molecule has 0 aliphatic heterocycles. The number of nitrogens with one attached hydrogen (secondary N) is 1. The lowest BCUT2D eigenvalue weighted by Gasteiger charge is -2.24. The van der Waals surface area contributed by atoms with Crippen LogP contribution in [0.1, 0.15) is 32.1 Å². The minimum atomic E-state index is -5.83. The number of hydrogen-bond acceptors (Lipinski definition) is 1. The molecule has 0 aromatic heterocycles. The second-order valence-corrected chi connectivity index (χ2v) is 4.29. The molecule has 0 spiro atoms. The predicted octanol–water partition coefficient (Wildman–Crippen LogP) is 2.88. The first kappa shape index (κ1) is 14.2. The van der Waals surface area contributed by atoms with E-state index < -0.39 is 18.0 Å². The Morgan fingerprint density at radius 2 is 1.59 bits per heavy atom. The van der Waals surface area contributed by atoms with Crippen molar-refractivity contribution in [2.24, 2.45) is 5.92 Å². The Labute approximate surface area is 95.6 Å². The molecule has 1 rings (SSSR count). The van der Waals surface area contributed by atoms with Crippen molar-refractivity contribution in [1.82, 2.24) is 5.32 Å². The minimum Gasteiger partial charge on any atom is -0.350 e. The average Bonchev–Trinajstić information content (AvgIpc) is 2.25. The molecule has 0 heterocycles. The first-order valence-electron chi connectivity index (χ1n) is 5.48. The van der Waals surface area contributed by atoms with Crippen molar-refractivity contribution < 1.29 is 26.7 Å². The van der Waals surface area contributed by atoms with E-state index in [1.165, 1.54) is 0 Å². The van der Waals surface area contributed by atoms with Crippen LogP contribution >= 0.6 is 0 Å². The van der Waals surface area contributed by atoms with Crippen LogP contribution in [0.2, 0.25) is 0 Å². The highest BCUT2D eigenvalue weighted by Crippen LogP contribution is 2.35. The summed E-state index contributed by atoms with van der Waals surface area (Å²) in [6.45, 7) is -0.107. The largest absolute Gasteiger partial charge is 0.463 e. The second kappa shape index (κ2) is 5.18. The van der Waals surface area contributed by atoms with Crippen molar-refractivity contribution >= 4 is 5.91 Å². The van der Waals surface area contributed by atoms with Crippen LogP contribution in [-0.2, 0) is 4.79 Å². The maximum atomic E-state index is 12.5. The Bertz CT molecular complexity index is 270. The van der Waals surface area contributed by atoms with Crippen molar-refractivity contribution in [3.63, 3.8) is 0 Å². The molecule has 1 saturated carbocycles. The maximum absolute atomic E-state index is 12.5. The summed E-state index contributed by atoms with van der Waals surface area (Å²) in [4.78, 5) is 10.8. The van der Waals surface area contributed by atoms with Gasteiger partial charge in [0.05, 0.1) is 0 Å². The molecule has 100 valence electrons. The molecule has 1 fully saturated rings. The molecule has 1 aliphatic carbocycles. The summed E-state index contributed by atoms with van der Waals surface area (Å²) in [6, 6.07) is 0. The van der Waals surface area contributed by atoms with Gasteiger partial charge in [-0.15, -0.1) is 0 Å². The summed E-state index contributed by atoms with van der Waals surface area (Å²) in [6.07, 6.45) is -1.41. The van der Waals surface area contributed by atoms with E-state index in [1.807, 2.05) is 0 Å². The van der Waals surface area contributed by atoms with Crippen molar-refractivity contribution in [3.8, 4) is 0 Å². The monoisotopic (exact) mass is 259 g/mol. The van der Waals surface area contributed by atoms with Gasteiger partial charge in [0, 0.05) is 6.54 Å². The van der Waals surface area contributed by atoms with E-state index in [0.29, 0.717) is 0 Å². The normalized spacial score (nSPS) is 19.1. The van der Waals surface area contributed by atoms with Crippen molar-refractivity contribution in [3.05, 3.63) is 0 Å². The number of alkyl halides is 5. The zero-order chi connectivity index (χ0) is 13.1. The number of amides is 1. The molecule has 0 unspecified atom stereocenters. The van der Waals surface area contributed by atoms with E-state index in [2.05, 4.69) is 0 Å². The molecule has 1 amide bonds. The molecule has 0 radical (unpaired) electrons. The predicted molar refractivity (Wildman–Crippen MR) is 50.6 cm³/mol. The third-order valence-electron chi connectivity index (χ3n) is 2.92. The third kappa shape index (κ3) is 3.54. The SMILES string of the molecule is O=C(NCC1CCCCC1)C(F)(F)C(F)(F)F. The molecule has 0 aromatic carbocycles. The Morgan fingerprint density at radius 3 is 2.06 bits per heavy atom. The zero-order valence-electron chi connectivity index (χ0n) is 9.12. The number of carbonyl (C=O) groups is 1. The van der Waals surface area contributed by atoms with Crippen molar-refractivity contribution in [2.45, 2.75) is 44.2 Å². The topological polar surface area (TPSA) is 29.1 Å². The molecule has 17 heavy (non-hydrogen) atoms. The fourth-order valence-electron chi connectivity index (χ4n) is 1.87. The van der Waals surface area contributed by atoms with E-state index in [1.54, 1.807) is 5.32 Å². The molecule has 2 nitrogen and oxygen atoms in total. The number of rotatable bonds is 3. The van der Waals surface area contributed by atoms with Crippen LogP contribution in [0, 0.1) is 5.92 Å². The van der Waals surface area contributed by atoms with Gasteiger partial charge in [-0.2, -0.15) is 22.0 Å². The molecule has 7 heteroatoms. The summed E-state index contributed by atoms with van der Waals surface area (Å²) >= 11 is 0. The fraction of sp³-hybridized carbons (Fsp3) is 0.900. The molecule has 0 aromatic rings. The van der Waals surface area contributed by atoms with E-state index in [9.17, 15) is 26.7 Å². The third-order valence-corrected chi connectivity index (χ3v) is 2.92. The van der Waals surface area contributed by atoms with Crippen LogP contribution in [0.5, 0.6) is 0 Å². The fourth-order valence-corrected chi connectivity index (χ4v) is 1.87. The van der Waals surface area contributed by atoms with Crippen molar-refractivity contribution in [1.29, 1.82) is 0 Å². The van der Waals surface area contributed by atoms with Gasteiger partial charge in [0.2, 0.25) is 0 Å². The Hall–Kier alpha value is -0.880. The van der Waals surface area contributed by atoms with Crippen LogP contribution in [0.4, 0.5) is 22.0 Å². The Balaban J connectivity index is 2.43. The quantitative estimate of drug-likeness (QED) is 0.776. The van der Waals surface area contributed by atoms with E-state index in [4.69, 9.17) is 0 Å². The molecule has 1 aliphatic rings. The van der Waals surface area contributed by atoms with Gasteiger partial charge >= 0.3 is 12.1 Å². The highest BCUT2D eigenvalue weighted by Gasteiger charge is 2.63. The first-order valence-corrected chi connectivity index (χ1v) is 5.48. The highest BCUT2D eigenvalue weighted by atomic mass is 19.4. The molecule has 0 saturated heterocycles. The first-order chi connectivity index (χ1) is 7.75. The van der Waals surface area contributed by atoms with Gasteiger partial charge in [0.15, 0.2) is 0 Å². The summed E-state index contributed by atoms with van der Waals surface area (Å²) in [5, 5.41) is 1.69. The summed E-state index contributed by atoms with van der Waals surface area (Å²) in [5.41, 5.74) is 0. The van der Waals surface area contributed by atoms with Gasteiger partial charge in [-0.05, 0) is 18.8 Å². The Morgan fingerprint density at radius 1 is 1.06 bits per heavy atom. The minimum absolute atomic E-state index is 0.0109. The van der Waals surface area contributed by atoms with E-state index in [-0.39, 0.29) is 12.5 Å². The number of carbonyl (C=O) groups excluding carboxylic acids is 1. The van der Waals surface area contributed by atoms with Gasteiger partial charge in [-0.1, -0.05) is 19.3 Å². The lowest BCUT2D eigenvalue weighted by Crippen LogP contribution is -2.51. The van der Waals surface area contributed by atoms with Gasteiger partial charge < -0.3 is 5.32 Å². The van der Waals surface area contributed by atoms with Gasteiger partial charge in [-0.3, -0.25) is 4.79 Å². The number of halogens is 5. The lowest BCUT2D eigenvalue weighted by molar-refractivity contribution is -0.269. The number of hydrogen-bond donors (Lipinski definition) is 1. The average molecular weight is 259 g/mol. The molecular weight excluding hydrogens is 245 g/mol. The van der Waals surface area contributed by atoms with Crippen LogP contribution < -0.4 is 5.32 Å². The van der Waals surface area contributed by atoms with Crippen LogP contribution in [-0.4, -0.2) is 24.6 Å². The van der Waals surface area contributed by atoms with Crippen molar-refractivity contribution in [2.75, 3.05) is 6.54 Å². The highest BCUT2D eigenvalue weighted by molar-refractivity contribution is 5.84. The molecular formula is C10H14F5NO. The van der Waals surface area contributed by atoms with E-state index in [0.717, 1.165) is 32.1 Å². The zero-order valence-corrected chi connectivity index (χ0v) is 9.12. The summed E-state index contributed by atoms with van der Waals surface area (Å²) in [5.74, 6) is -7.55. The molecule has 0 atom stereocenters. The standard InChI is InChI=1S/C10H14F5NO/c11-9(12,10(13,14)15)8(17)16-6-7-4-2-1-3-5-7/h7H,1-6H2,(H,16,17). The lowest BCUT2D eigenvalue weighted by atomic mass is 9.89. The van der Waals surface area contributed by atoms with E-state index >= 15 is 0 Å².